The fraction of sp³-hybridized carbons (Fsp3) is 0.321. The van der Waals surface area contributed by atoms with Crippen LogP contribution in [0.3, 0.4) is 0 Å². The zero-order valence-electron chi connectivity index (χ0n) is 21.0. The number of hydrogen-bond donors (Lipinski definition) is 3. The fourth-order valence-electron chi connectivity index (χ4n) is 4.90. The monoisotopic (exact) mass is 579 g/mol. The number of halogens is 5. The van der Waals surface area contributed by atoms with E-state index in [-0.39, 0.29) is 17.7 Å². The second-order valence-electron chi connectivity index (χ2n) is 9.50. The van der Waals surface area contributed by atoms with Gasteiger partial charge in [0.2, 0.25) is 0 Å². The van der Waals surface area contributed by atoms with Crippen LogP contribution in [0, 0.1) is 5.92 Å². The van der Waals surface area contributed by atoms with Gasteiger partial charge in [-0.25, -0.2) is 4.79 Å². The van der Waals surface area contributed by atoms with E-state index in [2.05, 4.69) is 20.4 Å². The lowest BCUT2D eigenvalue weighted by Gasteiger charge is -2.36. The van der Waals surface area contributed by atoms with Crippen LogP contribution in [0.5, 0.6) is 5.75 Å². The number of aromatic nitrogens is 1. The first-order valence-electron chi connectivity index (χ1n) is 12.4. The molecule has 12 heteroatoms. The Morgan fingerprint density at radius 3 is 2.48 bits per heavy atom. The molecule has 0 saturated heterocycles. The average molecular weight is 580 g/mol. The van der Waals surface area contributed by atoms with Crippen molar-refractivity contribution in [2.24, 2.45) is 5.92 Å². The number of rotatable bonds is 10. The molecule has 2 amide bonds. The summed E-state index contributed by atoms with van der Waals surface area (Å²) in [5.41, 5.74) is -0.375. The number of amides is 2. The highest BCUT2D eigenvalue weighted by Crippen LogP contribution is 2.37. The number of ether oxygens (including phenoxy) is 1. The summed E-state index contributed by atoms with van der Waals surface area (Å²) in [4.78, 5) is 29.5. The van der Waals surface area contributed by atoms with Gasteiger partial charge >= 0.3 is 24.5 Å². The molecule has 0 spiro atoms. The van der Waals surface area contributed by atoms with Gasteiger partial charge in [0.1, 0.15) is 11.3 Å². The predicted octanol–water partition coefficient (Wildman–Crippen LogP) is 6.01. The summed E-state index contributed by atoms with van der Waals surface area (Å²) < 4.78 is 57.7. The molecule has 3 N–H and O–H groups in total. The van der Waals surface area contributed by atoms with Gasteiger partial charge in [-0.05, 0) is 48.2 Å². The molecule has 1 aliphatic carbocycles. The van der Waals surface area contributed by atoms with E-state index in [4.69, 9.17) is 11.6 Å². The quantitative estimate of drug-likeness (QED) is 0.255. The number of benzene rings is 2. The second kappa shape index (κ2) is 12.1. The van der Waals surface area contributed by atoms with Crippen LogP contribution in [0.1, 0.15) is 36.1 Å². The molecule has 0 unspecified atom stereocenters. The summed E-state index contributed by atoms with van der Waals surface area (Å²) in [6.45, 7) is 0. The molecule has 1 fully saturated rings. The number of carboxylic acids is 1. The summed E-state index contributed by atoms with van der Waals surface area (Å²) >= 11 is 6.07. The van der Waals surface area contributed by atoms with Crippen molar-refractivity contribution in [3.8, 4) is 5.75 Å². The summed E-state index contributed by atoms with van der Waals surface area (Å²) in [5.74, 6) is -2.35. The Morgan fingerprint density at radius 1 is 1.07 bits per heavy atom. The Labute approximate surface area is 232 Å². The van der Waals surface area contributed by atoms with Crippen LogP contribution >= 0.6 is 11.6 Å². The van der Waals surface area contributed by atoms with Crippen molar-refractivity contribution in [1.82, 2.24) is 15.6 Å². The van der Waals surface area contributed by atoms with Crippen LogP contribution in [0.25, 0.3) is 0 Å². The number of carbonyl (C=O) groups excluding carboxylic acids is 1. The van der Waals surface area contributed by atoms with E-state index in [1.165, 1.54) is 24.4 Å². The Hall–Kier alpha value is -3.86. The van der Waals surface area contributed by atoms with Gasteiger partial charge in [-0.15, -0.1) is 0 Å². The van der Waals surface area contributed by atoms with Crippen LogP contribution in [0.2, 0.25) is 5.02 Å². The number of pyridine rings is 1. The molecular weight excluding hydrogens is 554 g/mol. The zero-order chi connectivity index (χ0) is 28.9. The lowest BCUT2D eigenvalue weighted by atomic mass is 9.80. The molecule has 3 aromatic rings. The van der Waals surface area contributed by atoms with E-state index in [9.17, 15) is 32.3 Å². The first-order valence-corrected chi connectivity index (χ1v) is 12.8. The van der Waals surface area contributed by atoms with E-state index >= 15 is 0 Å². The second-order valence-corrected chi connectivity index (χ2v) is 9.94. The first kappa shape index (κ1) is 29.1. The van der Waals surface area contributed by atoms with Crippen LogP contribution in [-0.2, 0) is 16.8 Å². The average Bonchev–Trinajstić information content (AvgIpc) is 3.37. The lowest BCUT2D eigenvalue weighted by Crippen LogP contribution is -2.55. The van der Waals surface area contributed by atoms with Crippen molar-refractivity contribution in [3.05, 3.63) is 94.8 Å². The van der Waals surface area contributed by atoms with Crippen molar-refractivity contribution in [2.45, 2.75) is 49.8 Å². The maximum Gasteiger partial charge on any atom is 0.461 e. The van der Waals surface area contributed by atoms with Gasteiger partial charge in [-0.3, -0.25) is 9.78 Å². The molecule has 1 aromatic heterocycles. The van der Waals surface area contributed by atoms with Crippen LogP contribution < -0.4 is 15.4 Å². The normalized spacial score (nSPS) is 18.6. The van der Waals surface area contributed by atoms with Gasteiger partial charge in [0.15, 0.2) is 0 Å². The maximum absolute atomic E-state index is 13.8. The molecule has 1 aliphatic rings. The van der Waals surface area contributed by atoms with Gasteiger partial charge in [0, 0.05) is 18.7 Å². The summed E-state index contributed by atoms with van der Waals surface area (Å²) in [7, 11) is 0. The van der Waals surface area contributed by atoms with Crippen molar-refractivity contribution >= 4 is 23.6 Å². The largest absolute Gasteiger partial charge is 0.481 e. The minimum atomic E-state index is -4.75. The zero-order valence-corrected chi connectivity index (χ0v) is 21.8. The number of alkyl halides is 4. The molecular formula is C28H26ClF4N3O4. The number of aliphatic carboxylic acids is 1. The Balaban J connectivity index is 1.81. The van der Waals surface area contributed by atoms with Gasteiger partial charge in [-0.1, -0.05) is 60.5 Å². The highest BCUT2D eigenvalue weighted by molar-refractivity contribution is 6.30. The molecule has 4 rings (SSSR count). The van der Waals surface area contributed by atoms with Crippen molar-refractivity contribution in [2.75, 3.05) is 0 Å². The van der Waals surface area contributed by atoms with Crippen molar-refractivity contribution in [3.63, 3.8) is 0 Å². The predicted molar refractivity (Wildman–Crippen MR) is 139 cm³/mol. The molecule has 0 aliphatic heterocycles. The molecule has 1 saturated carbocycles. The molecule has 2 aromatic carbocycles. The smallest absolute Gasteiger partial charge is 0.461 e. The SMILES string of the molecule is O=C(N[C@@H]1CCC[C@@H]1C(=O)O)N[C@@](Cc1ccccc1)(c1cccc(OC(F)(F)C(F)F)c1)c1ccc(Cl)cn1. The molecule has 1 heterocycles. The highest BCUT2D eigenvalue weighted by atomic mass is 35.5. The third-order valence-corrected chi connectivity index (χ3v) is 7.01. The molecule has 7 nitrogen and oxygen atoms in total. The van der Waals surface area contributed by atoms with E-state index in [0.29, 0.717) is 29.8 Å². The highest BCUT2D eigenvalue weighted by Gasteiger charge is 2.45. The number of carboxylic acid groups (broad SMARTS) is 1. The minimum absolute atomic E-state index is 0.0532. The summed E-state index contributed by atoms with van der Waals surface area (Å²) in [6, 6.07) is 15.7. The Bertz CT molecular complexity index is 1330. The number of nitrogens with one attached hydrogen (secondary N) is 2. The lowest BCUT2D eigenvalue weighted by molar-refractivity contribution is -0.253. The van der Waals surface area contributed by atoms with Crippen LogP contribution in [-0.4, -0.2) is 40.7 Å². The van der Waals surface area contributed by atoms with Gasteiger partial charge in [-0.2, -0.15) is 17.6 Å². The van der Waals surface area contributed by atoms with Gasteiger partial charge < -0.3 is 20.5 Å². The third kappa shape index (κ3) is 6.64. The number of urea groups is 1. The van der Waals surface area contributed by atoms with Gasteiger partial charge in [0.25, 0.3) is 0 Å². The summed E-state index contributed by atoms with van der Waals surface area (Å²) in [5, 5.41) is 15.5. The molecule has 0 radical (unpaired) electrons. The molecule has 212 valence electrons. The fourth-order valence-corrected chi connectivity index (χ4v) is 5.02. The van der Waals surface area contributed by atoms with Crippen molar-refractivity contribution in [1.29, 1.82) is 0 Å². The minimum Gasteiger partial charge on any atom is -0.481 e. The number of hydrogen-bond acceptors (Lipinski definition) is 4. The van der Waals surface area contributed by atoms with Crippen LogP contribution in [0.4, 0.5) is 22.4 Å². The van der Waals surface area contributed by atoms with E-state index < -0.39 is 47.8 Å². The van der Waals surface area contributed by atoms with E-state index in [0.717, 1.165) is 12.1 Å². The standard InChI is InChI=1S/C28H26ClF4N3O4/c29-19-12-13-23(34-16-19)27(15-17-6-2-1-3-7-17,36-26(39)35-22-11-5-10-21(22)24(37)38)18-8-4-9-20(14-18)40-28(32,33)25(30)31/h1-4,6-9,12-14,16,21-22,25H,5,10-11,15H2,(H,37,38)(H2,35,36,39)/t21-,22+,27-/m0/s1. The Kier molecular flexibility index (Phi) is 8.82. The summed E-state index contributed by atoms with van der Waals surface area (Å²) in [6.07, 6.45) is -5.93. The maximum atomic E-state index is 13.8. The van der Waals surface area contributed by atoms with Gasteiger partial charge in [0.05, 0.1) is 16.6 Å². The van der Waals surface area contributed by atoms with E-state index in [1.807, 2.05) is 0 Å². The topological polar surface area (TPSA) is 101 Å². The molecule has 40 heavy (non-hydrogen) atoms. The third-order valence-electron chi connectivity index (χ3n) is 6.79. The number of nitrogens with zero attached hydrogens (tertiary/aromatic N) is 1. The van der Waals surface area contributed by atoms with Crippen LogP contribution in [0.15, 0.2) is 72.9 Å². The molecule has 0 bridgehead atoms. The van der Waals surface area contributed by atoms with E-state index in [1.54, 1.807) is 36.4 Å². The number of carbonyl (C=O) groups is 2. The Morgan fingerprint density at radius 2 is 1.82 bits per heavy atom. The first-order chi connectivity index (χ1) is 19.0. The van der Waals surface area contributed by atoms with Crippen molar-refractivity contribution < 1.29 is 37.0 Å². The molecule has 3 atom stereocenters.